The summed E-state index contributed by atoms with van der Waals surface area (Å²) in [4.78, 5) is 16.2. The van der Waals surface area contributed by atoms with Crippen molar-refractivity contribution in [3.05, 3.63) is 30.1 Å². The minimum atomic E-state index is -0.0603. The Kier molecular flexibility index (Phi) is 9.51. The van der Waals surface area contributed by atoms with Crippen molar-refractivity contribution < 1.29 is 9.53 Å². The lowest BCUT2D eigenvalue weighted by Crippen LogP contribution is -2.20. The molecule has 0 spiro atoms. The van der Waals surface area contributed by atoms with Crippen LogP contribution < -0.4 is 0 Å². The van der Waals surface area contributed by atoms with E-state index in [2.05, 4.69) is 11.9 Å². The maximum absolute atomic E-state index is 12.1. The molecule has 1 heterocycles. The van der Waals surface area contributed by atoms with Gasteiger partial charge in [0.1, 0.15) is 0 Å². The quantitative estimate of drug-likeness (QED) is 0.443. The van der Waals surface area contributed by atoms with Crippen molar-refractivity contribution in [3.63, 3.8) is 0 Å². The van der Waals surface area contributed by atoms with E-state index in [0.717, 1.165) is 24.8 Å². The van der Waals surface area contributed by atoms with E-state index in [1.165, 1.54) is 32.1 Å². The topological polar surface area (TPSA) is 39.2 Å². The van der Waals surface area contributed by atoms with Gasteiger partial charge >= 0.3 is 5.97 Å². The molecule has 0 aliphatic heterocycles. The smallest absolute Gasteiger partial charge is 0.309 e. The molecular formula is C18H29NO2. The summed E-state index contributed by atoms with van der Waals surface area (Å²) in [6.45, 7) is 4.55. The van der Waals surface area contributed by atoms with E-state index < -0.39 is 0 Å². The third-order valence-corrected chi connectivity index (χ3v) is 3.73. The monoisotopic (exact) mass is 291 g/mol. The fourth-order valence-corrected chi connectivity index (χ4v) is 2.54. The second-order valence-electron chi connectivity index (χ2n) is 5.57. The lowest BCUT2D eigenvalue weighted by atomic mass is 9.94. The summed E-state index contributed by atoms with van der Waals surface area (Å²) in [5.74, 6) is -0.0877. The fourth-order valence-electron chi connectivity index (χ4n) is 2.54. The molecule has 1 atom stereocenters. The van der Waals surface area contributed by atoms with Crippen molar-refractivity contribution in [2.75, 3.05) is 6.61 Å². The van der Waals surface area contributed by atoms with E-state index in [1.54, 1.807) is 6.20 Å². The van der Waals surface area contributed by atoms with Crippen LogP contribution in [0.2, 0.25) is 0 Å². The predicted octanol–water partition coefficient (Wildman–Crippen LogP) is 4.55. The number of ether oxygens (including phenoxy) is 1. The first-order valence-electron chi connectivity index (χ1n) is 8.33. The third kappa shape index (κ3) is 7.84. The average Bonchev–Trinajstić information content (AvgIpc) is 2.50. The van der Waals surface area contributed by atoms with Gasteiger partial charge in [-0.1, -0.05) is 51.5 Å². The molecule has 0 saturated heterocycles. The summed E-state index contributed by atoms with van der Waals surface area (Å²) in [6.07, 6.45) is 12.7. The van der Waals surface area contributed by atoms with E-state index in [4.69, 9.17) is 4.74 Å². The van der Waals surface area contributed by atoms with Gasteiger partial charge in [0, 0.05) is 12.4 Å². The minimum absolute atomic E-state index is 0.0275. The Bertz CT molecular complexity index is 378. The number of nitrogens with zero attached hydrogens (tertiary/aromatic N) is 1. The van der Waals surface area contributed by atoms with Gasteiger partial charge in [-0.05, 0) is 31.4 Å². The molecule has 0 fully saturated rings. The Morgan fingerprint density at radius 1 is 1.19 bits per heavy atom. The van der Waals surface area contributed by atoms with E-state index in [0.29, 0.717) is 6.61 Å². The van der Waals surface area contributed by atoms with Crippen LogP contribution in [0.4, 0.5) is 0 Å². The van der Waals surface area contributed by atoms with Crippen molar-refractivity contribution >= 4 is 5.97 Å². The van der Waals surface area contributed by atoms with Crippen molar-refractivity contribution in [1.29, 1.82) is 0 Å². The van der Waals surface area contributed by atoms with Gasteiger partial charge in [-0.25, -0.2) is 0 Å². The number of hydrogen-bond acceptors (Lipinski definition) is 3. The number of unbranched alkanes of at least 4 members (excludes halogenated alkanes) is 5. The highest BCUT2D eigenvalue weighted by molar-refractivity contribution is 5.72. The van der Waals surface area contributed by atoms with Crippen LogP contribution >= 0.6 is 0 Å². The first-order chi connectivity index (χ1) is 10.3. The van der Waals surface area contributed by atoms with Crippen LogP contribution in [0.5, 0.6) is 0 Å². The van der Waals surface area contributed by atoms with Crippen LogP contribution in [0.25, 0.3) is 0 Å². The van der Waals surface area contributed by atoms with Crippen LogP contribution in [0.15, 0.2) is 24.5 Å². The molecule has 1 aromatic rings. The fraction of sp³-hybridized carbons (Fsp3) is 0.667. The number of carbonyl (C=O) groups excluding carboxylic acids is 1. The summed E-state index contributed by atoms with van der Waals surface area (Å²) >= 11 is 0. The van der Waals surface area contributed by atoms with Gasteiger partial charge in [0.2, 0.25) is 0 Å². The number of hydrogen-bond donors (Lipinski definition) is 0. The first-order valence-corrected chi connectivity index (χ1v) is 8.33. The van der Waals surface area contributed by atoms with E-state index in [9.17, 15) is 4.79 Å². The highest BCUT2D eigenvalue weighted by Crippen LogP contribution is 2.18. The SMILES string of the molecule is CCCCCCCCC(Cc1cccnc1)C(=O)OCC. The molecule has 0 radical (unpaired) electrons. The standard InChI is InChI=1S/C18H29NO2/c1-3-5-6-7-8-9-12-17(18(20)21-4-2)14-16-11-10-13-19-15-16/h10-11,13,15,17H,3-9,12,14H2,1-2H3. The second-order valence-corrected chi connectivity index (χ2v) is 5.57. The molecule has 1 aromatic heterocycles. The molecule has 0 amide bonds. The van der Waals surface area contributed by atoms with Gasteiger partial charge < -0.3 is 4.74 Å². The van der Waals surface area contributed by atoms with E-state index in [1.807, 2.05) is 25.3 Å². The summed E-state index contributed by atoms with van der Waals surface area (Å²) in [7, 11) is 0. The molecule has 21 heavy (non-hydrogen) atoms. The normalized spacial score (nSPS) is 12.1. The first kappa shape index (κ1) is 17.7. The molecule has 0 N–H and O–H groups in total. The molecule has 0 aliphatic rings. The second kappa shape index (κ2) is 11.3. The van der Waals surface area contributed by atoms with Crippen molar-refractivity contribution in [2.45, 2.75) is 65.2 Å². The number of pyridine rings is 1. The zero-order valence-electron chi connectivity index (χ0n) is 13.5. The maximum atomic E-state index is 12.1. The van der Waals surface area contributed by atoms with E-state index in [-0.39, 0.29) is 11.9 Å². The third-order valence-electron chi connectivity index (χ3n) is 3.73. The van der Waals surface area contributed by atoms with Gasteiger partial charge in [-0.2, -0.15) is 0 Å². The molecule has 3 heteroatoms. The summed E-state index contributed by atoms with van der Waals surface area (Å²) in [5.41, 5.74) is 1.11. The zero-order chi connectivity index (χ0) is 15.3. The molecule has 3 nitrogen and oxygen atoms in total. The molecule has 0 aromatic carbocycles. The predicted molar refractivity (Wildman–Crippen MR) is 86.1 cm³/mol. The van der Waals surface area contributed by atoms with Gasteiger partial charge in [0.25, 0.3) is 0 Å². The van der Waals surface area contributed by atoms with Crippen LogP contribution in [0, 0.1) is 5.92 Å². The van der Waals surface area contributed by atoms with Crippen LogP contribution in [0.3, 0.4) is 0 Å². The van der Waals surface area contributed by atoms with Gasteiger partial charge in [0.15, 0.2) is 0 Å². The van der Waals surface area contributed by atoms with Gasteiger partial charge in [0.05, 0.1) is 12.5 Å². The molecule has 1 unspecified atom stereocenters. The van der Waals surface area contributed by atoms with Gasteiger partial charge in [-0.3, -0.25) is 9.78 Å². The van der Waals surface area contributed by atoms with Crippen LogP contribution in [-0.4, -0.2) is 17.6 Å². The molecule has 0 bridgehead atoms. The molecular weight excluding hydrogens is 262 g/mol. The Labute approximate surface area is 129 Å². The molecule has 0 saturated carbocycles. The highest BCUT2D eigenvalue weighted by atomic mass is 16.5. The van der Waals surface area contributed by atoms with Crippen molar-refractivity contribution in [1.82, 2.24) is 4.98 Å². The molecule has 1 rings (SSSR count). The number of rotatable bonds is 11. The van der Waals surface area contributed by atoms with Crippen LogP contribution in [0.1, 0.15) is 64.4 Å². The number of aromatic nitrogens is 1. The van der Waals surface area contributed by atoms with Crippen molar-refractivity contribution in [2.24, 2.45) is 5.92 Å². The Morgan fingerprint density at radius 3 is 2.62 bits per heavy atom. The highest BCUT2D eigenvalue weighted by Gasteiger charge is 2.19. The summed E-state index contributed by atoms with van der Waals surface area (Å²) < 4.78 is 5.21. The minimum Gasteiger partial charge on any atom is -0.466 e. The summed E-state index contributed by atoms with van der Waals surface area (Å²) in [6, 6.07) is 3.95. The maximum Gasteiger partial charge on any atom is 0.309 e. The zero-order valence-corrected chi connectivity index (χ0v) is 13.5. The Morgan fingerprint density at radius 2 is 1.95 bits per heavy atom. The molecule has 118 valence electrons. The average molecular weight is 291 g/mol. The summed E-state index contributed by atoms with van der Waals surface area (Å²) in [5, 5.41) is 0. The van der Waals surface area contributed by atoms with Crippen LogP contribution in [-0.2, 0) is 16.0 Å². The largest absolute Gasteiger partial charge is 0.466 e. The Balaban J connectivity index is 2.40. The lowest BCUT2D eigenvalue weighted by molar-refractivity contribution is -0.148. The van der Waals surface area contributed by atoms with E-state index >= 15 is 0 Å². The Hall–Kier alpha value is -1.38. The lowest BCUT2D eigenvalue weighted by Gasteiger charge is -2.15. The van der Waals surface area contributed by atoms with Gasteiger partial charge in [-0.15, -0.1) is 0 Å². The number of esters is 1. The number of carbonyl (C=O) groups is 1. The van der Waals surface area contributed by atoms with Crippen molar-refractivity contribution in [3.8, 4) is 0 Å². The molecule has 0 aliphatic carbocycles.